The van der Waals surface area contributed by atoms with Crippen LogP contribution < -0.4 is 0 Å². The van der Waals surface area contributed by atoms with E-state index in [0.717, 1.165) is 30.2 Å². The molecule has 1 aromatic carbocycles. The van der Waals surface area contributed by atoms with Gasteiger partial charge in [0.15, 0.2) is 5.12 Å². The number of ether oxygens (including phenoxy) is 1. The van der Waals surface area contributed by atoms with Crippen LogP contribution >= 0.6 is 11.8 Å². The number of carbonyl (C=O) groups excluding carboxylic acids is 2. The summed E-state index contributed by atoms with van der Waals surface area (Å²) in [5.74, 6) is -0.283. The van der Waals surface area contributed by atoms with E-state index < -0.39 is 0 Å². The molecule has 0 aromatic heterocycles. The second-order valence-corrected chi connectivity index (χ2v) is 5.83. The normalized spacial score (nSPS) is 11.9. The third-order valence-electron chi connectivity index (χ3n) is 2.87. The number of unbranched alkanes of at least 4 members (excludes halogenated alkanes) is 1. The first-order valence-corrected chi connectivity index (χ1v) is 7.95. The molecule has 0 aliphatic rings. The van der Waals surface area contributed by atoms with Crippen molar-refractivity contribution in [2.45, 2.75) is 51.4 Å². The molecule has 0 saturated carbocycles. The van der Waals surface area contributed by atoms with Gasteiger partial charge in [0.2, 0.25) is 0 Å². The monoisotopic (exact) mass is 294 g/mol. The molecule has 1 rings (SSSR count). The van der Waals surface area contributed by atoms with Crippen LogP contribution in [-0.4, -0.2) is 16.3 Å². The minimum absolute atomic E-state index is 0.0442. The minimum atomic E-state index is -0.369. The molecule has 0 heterocycles. The van der Waals surface area contributed by atoms with Gasteiger partial charge in [0.05, 0.1) is 0 Å². The largest absolute Gasteiger partial charge is 0.460 e. The summed E-state index contributed by atoms with van der Waals surface area (Å²) < 4.78 is 5.32. The van der Waals surface area contributed by atoms with Crippen molar-refractivity contribution < 1.29 is 14.3 Å². The van der Waals surface area contributed by atoms with Gasteiger partial charge < -0.3 is 4.74 Å². The number of hydrogen-bond acceptors (Lipinski definition) is 4. The molecule has 1 unspecified atom stereocenters. The Morgan fingerprint density at radius 3 is 2.50 bits per heavy atom. The van der Waals surface area contributed by atoms with E-state index in [-0.39, 0.29) is 22.9 Å². The average Bonchev–Trinajstić information content (AvgIpc) is 2.49. The van der Waals surface area contributed by atoms with Gasteiger partial charge in [0.25, 0.3) is 0 Å². The van der Waals surface area contributed by atoms with Crippen LogP contribution in [0.5, 0.6) is 0 Å². The second-order valence-electron chi connectivity index (χ2n) is 4.57. The van der Waals surface area contributed by atoms with Gasteiger partial charge >= 0.3 is 5.97 Å². The molecule has 20 heavy (non-hydrogen) atoms. The highest BCUT2D eigenvalue weighted by molar-refractivity contribution is 8.14. The molecule has 0 fully saturated rings. The third-order valence-corrected chi connectivity index (χ3v) is 4.13. The summed E-state index contributed by atoms with van der Waals surface area (Å²) >= 11 is 1.11. The van der Waals surface area contributed by atoms with Gasteiger partial charge in [-0.1, -0.05) is 68.8 Å². The Hall–Kier alpha value is -1.29. The van der Waals surface area contributed by atoms with Crippen LogP contribution in [-0.2, 0) is 20.9 Å². The van der Waals surface area contributed by atoms with E-state index in [1.807, 2.05) is 37.3 Å². The van der Waals surface area contributed by atoms with E-state index in [9.17, 15) is 9.59 Å². The maximum atomic E-state index is 12.1. The quantitative estimate of drug-likeness (QED) is 0.681. The molecule has 0 aliphatic carbocycles. The molecular weight excluding hydrogens is 272 g/mol. The van der Waals surface area contributed by atoms with Crippen molar-refractivity contribution in [2.24, 2.45) is 0 Å². The zero-order valence-electron chi connectivity index (χ0n) is 12.1. The van der Waals surface area contributed by atoms with E-state index in [1.54, 1.807) is 0 Å². The predicted octanol–water partition coefficient (Wildman–Crippen LogP) is 3.96. The Kier molecular flexibility index (Phi) is 8.04. The van der Waals surface area contributed by atoms with Crippen molar-refractivity contribution in [3.63, 3.8) is 0 Å². The fourth-order valence-electron chi connectivity index (χ4n) is 1.68. The number of carbonyl (C=O) groups is 2. The third kappa shape index (κ3) is 6.24. The van der Waals surface area contributed by atoms with Gasteiger partial charge in [-0.15, -0.1) is 0 Å². The molecule has 0 radical (unpaired) electrons. The molecule has 0 aliphatic heterocycles. The number of hydrogen-bond donors (Lipinski definition) is 0. The molecule has 1 aromatic rings. The lowest BCUT2D eigenvalue weighted by Gasteiger charge is -2.14. The second kappa shape index (κ2) is 9.59. The summed E-state index contributed by atoms with van der Waals surface area (Å²) in [5.41, 5.74) is 0.960. The van der Waals surface area contributed by atoms with Gasteiger partial charge in [-0.25, -0.2) is 0 Å². The molecule has 0 bridgehead atoms. The Labute approximate surface area is 125 Å². The molecular formula is C16H22O3S. The number of thioether (sulfide) groups is 1. The predicted molar refractivity (Wildman–Crippen MR) is 82.4 cm³/mol. The molecule has 0 spiro atoms. The molecule has 1 atom stereocenters. The first-order valence-electron chi connectivity index (χ1n) is 7.07. The Balaban J connectivity index is 2.51. The van der Waals surface area contributed by atoms with Gasteiger partial charge in [0, 0.05) is 6.42 Å². The van der Waals surface area contributed by atoms with Crippen molar-refractivity contribution in [1.29, 1.82) is 0 Å². The van der Waals surface area contributed by atoms with Crippen molar-refractivity contribution in [1.82, 2.24) is 0 Å². The highest BCUT2D eigenvalue weighted by Gasteiger charge is 2.23. The van der Waals surface area contributed by atoms with E-state index in [2.05, 4.69) is 6.92 Å². The summed E-state index contributed by atoms with van der Waals surface area (Å²) in [5, 5.41) is -0.325. The topological polar surface area (TPSA) is 43.4 Å². The van der Waals surface area contributed by atoms with Gasteiger partial charge in [0.1, 0.15) is 11.9 Å². The summed E-state index contributed by atoms with van der Waals surface area (Å²) in [7, 11) is 0. The minimum Gasteiger partial charge on any atom is -0.460 e. The van der Waals surface area contributed by atoms with Crippen LogP contribution in [0.25, 0.3) is 0 Å². The lowest BCUT2D eigenvalue weighted by atomic mass is 10.2. The van der Waals surface area contributed by atoms with Crippen molar-refractivity contribution in [2.75, 3.05) is 0 Å². The lowest BCUT2D eigenvalue weighted by Crippen LogP contribution is -2.22. The smallest absolute Gasteiger partial charge is 0.319 e. The number of rotatable bonds is 8. The molecule has 4 heteroatoms. The van der Waals surface area contributed by atoms with E-state index >= 15 is 0 Å². The van der Waals surface area contributed by atoms with Crippen LogP contribution in [0.4, 0.5) is 0 Å². The van der Waals surface area contributed by atoms with Crippen molar-refractivity contribution in [3.05, 3.63) is 35.9 Å². The fourth-order valence-corrected chi connectivity index (χ4v) is 2.61. The first-order chi connectivity index (χ1) is 9.67. The Bertz CT molecular complexity index is 417. The highest BCUT2D eigenvalue weighted by atomic mass is 32.2. The van der Waals surface area contributed by atoms with E-state index in [4.69, 9.17) is 4.74 Å². The van der Waals surface area contributed by atoms with Gasteiger partial charge in [-0.2, -0.15) is 0 Å². The molecule has 0 N–H and O–H groups in total. The number of esters is 1. The summed E-state index contributed by atoms with van der Waals surface area (Å²) in [4.78, 5) is 23.6. The Morgan fingerprint density at radius 2 is 1.90 bits per heavy atom. The molecule has 3 nitrogen and oxygen atoms in total. The van der Waals surface area contributed by atoms with Gasteiger partial charge in [-0.3, -0.25) is 9.59 Å². The van der Waals surface area contributed by atoms with Crippen LogP contribution in [0.15, 0.2) is 30.3 Å². The average molecular weight is 294 g/mol. The van der Waals surface area contributed by atoms with Crippen LogP contribution in [0, 0.1) is 0 Å². The van der Waals surface area contributed by atoms with E-state index in [0.29, 0.717) is 12.8 Å². The van der Waals surface area contributed by atoms with E-state index in [1.165, 1.54) is 0 Å². The molecule has 0 amide bonds. The first kappa shape index (κ1) is 16.8. The lowest BCUT2D eigenvalue weighted by molar-refractivity contribution is -0.144. The van der Waals surface area contributed by atoms with Crippen LogP contribution in [0.1, 0.15) is 45.1 Å². The van der Waals surface area contributed by atoms with Gasteiger partial charge in [-0.05, 0) is 12.0 Å². The van der Waals surface area contributed by atoms with Crippen LogP contribution in [0.2, 0.25) is 0 Å². The summed E-state index contributed by atoms with van der Waals surface area (Å²) in [6.45, 7) is 4.14. The molecule has 110 valence electrons. The summed E-state index contributed by atoms with van der Waals surface area (Å²) in [6.07, 6.45) is 3.07. The van der Waals surface area contributed by atoms with Crippen LogP contribution in [0.3, 0.4) is 0 Å². The maximum absolute atomic E-state index is 12.1. The zero-order valence-corrected chi connectivity index (χ0v) is 12.9. The Morgan fingerprint density at radius 1 is 1.20 bits per heavy atom. The standard InChI is InChI=1S/C16H22O3S/c1-3-5-11-14(20-15(17)4-2)16(18)19-12-13-9-7-6-8-10-13/h6-10,14H,3-5,11-12H2,1-2H3. The number of benzene rings is 1. The SMILES string of the molecule is CCCCC(SC(=O)CC)C(=O)OCc1ccccc1. The summed E-state index contributed by atoms with van der Waals surface area (Å²) in [6, 6.07) is 9.57. The fraction of sp³-hybridized carbons (Fsp3) is 0.500. The maximum Gasteiger partial charge on any atom is 0.319 e. The van der Waals surface area contributed by atoms with Crippen molar-refractivity contribution in [3.8, 4) is 0 Å². The zero-order chi connectivity index (χ0) is 14.8. The highest BCUT2D eigenvalue weighted by Crippen LogP contribution is 2.21. The molecule has 0 saturated heterocycles. The van der Waals surface area contributed by atoms with Crippen molar-refractivity contribution >= 4 is 22.8 Å².